The zero-order valence-corrected chi connectivity index (χ0v) is 10.9. The monoisotopic (exact) mass is 269 g/mol. The first kappa shape index (κ1) is 12.1. The molecule has 0 bridgehead atoms. The SMILES string of the molecule is CCNC(=O)Cn1c(=S)[nH]c2cccc(Cl)c21. The Balaban J connectivity index is 2.49. The first-order valence-corrected chi connectivity index (χ1v) is 6.06. The van der Waals surface area contributed by atoms with Gasteiger partial charge in [0.2, 0.25) is 5.91 Å². The number of nitrogens with zero attached hydrogens (tertiary/aromatic N) is 1. The van der Waals surface area contributed by atoms with Gasteiger partial charge in [-0.1, -0.05) is 17.7 Å². The summed E-state index contributed by atoms with van der Waals surface area (Å²) >= 11 is 11.3. The molecule has 1 aromatic heterocycles. The molecule has 0 radical (unpaired) electrons. The van der Waals surface area contributed by atoms with E-state index < -0.39 is 0 Å². The summed E-state index contributed by atoms with van der Waals surface area (Å²) in [6, 6.07) is 5.50. The number of carbonyl (C=O) groups excluding carboxylic acids is 1. The number of hydrogen-bond donors (Lipinski definition) is 2. The van der Waals surface area contributed by atoms with E-state index in [0.29, 0.717) is 16.3 Å². The Labute approximate surface area is 109 Å². The van der Waals surface area contributed by atoms with Gasteiger partial charge < -0.3 is 14.9 Å². The van der Waals surface area contributed by atoms with Crippen LogP contribution in [0.3, 0.4) is 0 Å². The van der Waals surface area contributed by atoms with E-state index in [9.17, 15) is 4.79 Å². The van der Waals surface area contributed by atoms with Crippen molar-refractivity contribution in [3.05, 3.63) is 28.0 Å². The van der Waals surface area contributed by atoms with Crippen molar-refractivity contribution in [2.24, 2.45) is 0 Å². The topological polar surface area (TPSA) is 49.8 Å². The number of aromatic nitrogens is 2. The number of benzene rings is 1. The van der Waals surface area contributed by atoms with Crippen LogP contribution < -0.4 is 5.32 Å². The van der Waals surface area contributed by atoms with E-state index in [4.69, 9.17) is 23.8 Å². The van der Waals surface area contributed by atoms with Gasteiger partial charge in [0.15, 0.2) is 4.77 Å². The standard InChI is InChI=1S/C11H12ClN3OS/c1-2-13-9(16)6-15-10-7(12)4-3-5-8(10)14-11(15)17/h3-5H,2,6H2,1H3,(H,13,16)(H,14,17). The van der Waals surface area contributed by atoms with Crippen molar-refractivity contribution < 1.29 is 4.79 Å². The molecule has 1 amide bonds. The molecule has 0 unspecified atom stereocenters. The van der Waals surface area contributed by atoms with Gasteiger partial charge in [0.05, 0.1) is 16.1 Å². The van der Waals surface area contributed by atoms with Gasteiger partial charge in [0, 0.05) is 6.54 Å². The third kappa shape index (κ3) is 2.35. The summed E-state index contributed by atoms with van der Waals surface area (Å²) in [5, 5.41) is 3.31. The molecule has 4 nitrogen and oxygen atoms in total. The second kappa shape index (κ2) is 4.89. The van der Waals surface area contributed by atoms with Gasteiger partial charge in [-0.15, -0.1) is 0 Å². The van der Waals surface area contributed by atoms with Crippen LogP contribution in [0.4, 0.5) is 0 Å². The Hall–Kier alpha value is -1.33. The summed E-state index contributed by atoms with van der Waals surface area (Å²) in [6.45, 7) is 2.65. The molecule has 0 aliphatic carbocycles. The molecule has 0 aliphatic heterocycles. The number of para-hydroxylation sites is 1. The van der Waals surface area contributed by atoms with Gasteiger partial charge in [0.1, 0.15) is 6.54 Å². The van der Waals surface area contributed by atoms with Crippen LogP contribution in [0.25, 0.3) is 11.0 Å². The van der Waals surface area contributed by atoms with Crippen LogP contribution in [0.1, 0.15) is 6.92 Å². The van der Waals surface area contributed by atoms with Crippen LogP contribution >= 0.6 is 23.8 Å². The van der Waals surface area contributed by atoms with E-state index in [1.807, 2.05) is 19.1 Å². The maximum absolute atomic E-state index is 11.6. The first-order chi connectivity index (χ1) is 8.13. The second-order valence-corrected chi connectivity index (χ2v) is 4.40. The molecule has 1 aromatic carbocycles. The molecule has 2 rings (SSSR count). The molecule has 17 heavy (non-hydrogen) atoms. The lowest BCUT2D eigenvalue weighted by atomic mass is 10.3. The van der Waals surface area contributed by atoms with Crippen LogP contribution in [0.15, 0.2) is 18.2 Å². The summed E-state index contributed by atoms with van der Waals surface area (Å²) in [7, 11) is 0. The highest BCUT2D eigenvalue weighted by Crippen LogP contribution is 2.23. The predicted octanol–water partition coefficient (Wildman–Crippen LogP) is 2.49. The number of rotatable bonds is 3. The Kier molecular flexibility index (Phi) is 3.49. The van der Waals surface area contributed by atoms with Crippen LogP contribution in [-0.2, 0) is 11.3 Å². The Morgan fingerprint density at radius 1 is 1.59 bits per heavy atom. The van der Waals surface area contributed by atoms with E-state index in [1.165, 1.54) is 0 Å². The predicted molar refractivity (Wildman–Crippen MR) is 70.8 cm³/mol. The lowest BCUT2D eigenvalue weighted by Crippen LogP contribution is -2.27. The number of nitrogens with one attached hydrogen (secondary N) is 2. The minimum Gasteiger partial charge on any atom is -0.355 e. The van der Waals surface area contributed by atoms with Crippen molar-refractivity contribution in [1.29, 1.82) is 0 Å². The quantitative estimate of drug-likeness (QED) is 0.841. The molecule has 0 saturated carbocycles. The van der Waals surface area contributed by atoms with Crippen LogP contribution in [0.2, 0.25) is 5.02 Å². The van der Waals surface area contributed by atoms with Crippen LogP contribution in [0, 0.1) is 4.77 Å². The smallest absolute Gasteiger partial charge is 0.240 e. The molecule has 0 spiro atoms. The van der Waals surface area contributed by atoms with Crippen molar-refractivity contribution in [1.82, 2.24) is 14.9 Å². The summed E-state index contributed by atoms with van der Waals surface area (Å²) in [5.41, 5.74) is 1.61. The van der Waals surface area contributed by atoms with Gasteiger partial charge in [-0.25, -0.2) is 0 Å². The van der Waals surface area contributed by atoms with Gasteiger partial charge in [-0.2, -0.15) is 0 Å². The average molecular weight is 270 g/mol. The number of aromatic amines is 1. The van der Waals surface area contributed by atoms with E-state index in [2.05, 4.69) is 10.3 Å². The fraction of sp³-hybridized carbons (Fsp3) is 0.273. The Morgan fingerprint density at radius 3 is 3.06 bits per heavy atom. The molecule has 0 fully saturated rings. The third-order valence-electron chi connectivity index (χ3n) is 2.42. The van der Waals surface area contributed by atoms with Crippen molar-refractivity contribution in [3.63, 3.8) is 0 Å². The maximum atomic E-state index is 11.6. The highest BCUT2D eigenvalue weighted by molar-refractivity contribution is 7.71. The van der Waals surface area contributed by atoms with Crippen LogP contribution in [0.5, 0.6) is 0 Å². The minimum absolute atomic E-state index is 0.0792. The molecule has 2 aromatic rings. The van der Waals surface area contributed by atoms with Crippen molar-refractivity contribution in [3.8, 4) is 0 Å². The number of fused-ring (bicyclic) bond motifs is 1. The Morgan fingerprint density at radius 2 is 2.35 bits per heavy atom. The second-order valence-electron chi connectivity index (χ2n) is 3.61. The number of likely N-dealkylation sites (N-methyl/N-ethyl adjacent to an activating group) is 1. The van der Waals surface area contributed by atoms with E-state index in [-0.39, 0.29) is 12.5 Å². The van der Waals surface area contributed by atoms with Crippen molar-refractivity contribution in [2.75, 3.05) is 6.54 Å². The number of carbonyl (C=O) groups is 1. The first-order valence-electron chi connectivity index (χ1n) is 5.27. The molecule has 6 heteroatoms. The normalized spacial score (nSPS) is 10.7. The van der Waals surface area contributed by atoms with E-state index in [0.717, 1.165) is 11.0 Å². The summed E-state index contributed by atoms with van der Waals surface area (Å²) in [4.78, 5) is 14.6. The number of amides is 1. The third-order valence-corrected chi connectivity index (χ3v) is 3.05. The number of H-pyrrole nitrogens is 1. The number of imidazole rings is 1. The number of halogens is 1. The van der Waals surface area contributed by atoms with Gasteiger partial charge in [-0.05, 0) is 31.3 Å². The largest absolute Gasteiger partial charge is 0.355 e. The highest BCUT2D eigenvalue weighted by atomic mass is 35.5. The molecule has 90 valence electrons. The lowest BCUT2D eigenvalue weighted by Gasteiger charge is -2.05. The molecule has 1 heterocycles. The van der Waals surface area contributed by atoms with Gasteiger partial charge in [-0.3, -0.25) is 4.79 Å². The zero-order chi connectivity index (χ0) is 12.4. The molecule has 0 saturated heterocycles. The molecular weight excluding hydrogens is 258 g/mol. The Bertz CT molecular complexity index is 617. The molecule has 2 N–H and O–H groups in total. The fourth-order valence-corrected chi connectivity index (χ4v) is 2.26. The fourth-order valence-electron chi connectivity index (χ4n) is 1.72. The highest BCUT2D eigenvalue weighted by Gasteiger charge is 2.10. The summed E-state index contributed by atoms with van der Waals surface area (Å²) in [6.07, 6.45) is 0. The molecule has 0 atom stereocenters. The number of hydrogen-bond acceptors (Lipinski definition) is 2. The average Bonchev–Trinajstić information content (AvgIpc) is 2.57. The van der Waals surface area contributed by atoms with E-state index >= 15 is 0 Å². The van der Waals surface area contributed by atoms with Gasteiger partial charge in [0.25, 0.3) is 0 Å². The molecular formula is C11H12ClN3OS. The lowest BCUT2D eigenvalue weighted by molar-refractivity contribution is -0.121. The van der Waals surface area contributed by atoms with Gasteiger partial charge >= 0.3 is 0 Å². The van der Waals surface area contributed by atoms with E-state index in [1.54, 1.807) is 10.6 Å². The molecule has 0 aliphatic rings. The van der Waals surface area contributed by atoms with Crippen molar-refractivity contribution >= 4 is 40.8 Å². The van der Waals surface area contributed by atoms with Crippen molar-refractivity contribution in [2.45, 2.75) is 13.5 Å². The summed E-state index contributed by atoms with van der Waals surface area (Å²) in [5.74, 6) is -0.0792. The van der Waals surface area contributed by atoms with Crippen LogP contribution in [-0.4, -0.2) is 22.0 Å². The zero-order valence-electron chi connectivity index (χ0n) is 9.29. The maximum Gasteiger partial charge on any atom is 0.240 e. The minimum atomic E-state index is -0.0792. The summed E-state index contributed by atoms with van der Waals surface area (Å²) < 4.78 is 2.21.